The fraction of sp³-hybridized carbons (Fsp3) is 0.300. The number of hydrogen-bond donors (Lipinski definition) is 3. The van der Waals surface area contributed by atoms with Gasteiger partial charge in [-0.15, -0.1) is 0 Å². The minimum atomic E-state index is -0.910. The van der Waals surface area contributed by atoms with Gasteiger partial charge in [-0.25, -0.2) is 4.39 Å². The van der Waals surface area contributed by atoms with Gasteiger partial charge in [0.2, 0.25) is 0 Å². The molecular formula is C10H13FN2O2. The summed E-state index contributed by atoms with van der Waals surface area (Å²) in [6.07, 6.45) is -0.0630. The Morgan fingerprint density at radius 1 is 1.47 bits per heavy atom. The van der Waals surface area contributed by atoms with Crippen LogP contribution in [-0.4, -0.2) is 18.1 Å². The summed E-state index contributed by atoms with van der Waals surface area (Å²) in [6.45, 7) is 0. The molecule has 1 aromatic rings. The number of carboxylic acids is 1. The van der Waals surface area contributed by atoms with E-state index in [-0.39, 0.29) is 18.3 Å². The molecule has 1 aromatic carbocycles. The van der Waals surface area contributed by atoms with Gasteiger partial charge in [-0.05, 0) is 24.7 Å². The fourth-order valence-electron chi connectivity index (χ4n) is 1.30. The van der Waals surface area contributed by atoms with E-state index in [1.165, 1.54) is 12.1 Å². The van der Waals surface area contributed by atoms with E-state index in [0.29, 0.717) is 0 Å². The fourth-order valence-corrected chi connectivity index (χ4v) is 1.30. The van der Waals surface area contributed by atoms with Crippen LogP contribution in [-0.2, 0) is 4.79 Å². The van der Waals surface area contributed by atoms with Crippen LogP contribution in [0.1, 0.15) is 18.0 Å². The van der Waals surface area contributed by atoms with E-state index in [1.54, 1.807) is 19.2 Å². The van der Waals surface area contributed by atoms with Crippen LogP contribution in [0.15, 0.2) is 24.3 Å². The molecule has 0 saturated heterocycles. The van der Waals surface area contributed by atoms with E-state index in [2.05, 4.69) is 10.9 Å². The van der Waals surface area contributed by atoms with Crippen molar-refractivity contribution in [3.05, 3.63) is 35.6 Å². The van der Waals surface area contributed by atoms with Crippen LogP contribution in [0.3, 0.4) is 0 Å². The average Bonchev–Trinajstić information content (AvgIpc) is 2.17. The summed E-state index contributed by atoms with van der Waals surface area (Å²) < 4.78 is 12.6. The Balaban J connectivity index is 2.78. The number of hydrazine groups is 1. The van der Waals surface area contributed by atoms with E-state index in [9.17, 15) is 9.18 Å². The zero-order valence-corrected chi connectivity index (χ0v) is 8.33. The second-order valence-corrected chi connectivity index (χ2v) is 3.10. The molecule has 0 aliphatic rings. The highest BCUT2D eigenvalue weighted by molar-refractivity contribution is 5.67. The van der Waals surface area contributed by atoms with Crippen molar-refractivity contribution in [3.63, 3.8) is 0 Å². The van der Waals surface area contributed by atoms with Crippen molar-refractivity contribution in [2.75, 3.05) is 7.05 Å². The molecule has 0 aliphatic carbocycles. The lowest BCUT2D eigenvalue weighted by Gasteiger charge is -2.16. The van der Waals surface area contributed by atoms with Gasteiger partial charge < -0.3 is 5.11 Å². The van der Waals surface area contributed by atoms with Crippen LogP contribution in [0, 0.1) is 5.82 Å². The van der Waals surface area contributed by atoms with Crippen LogP contribution in [0.25, 0.3) is 0 Å². The number of halogens is 1. The number of aliphatic carboxylic acids is 1. The highest BCUT2D eigenvalue weighted by Gasteiger charge is 2.14. The number of nitrogens with one attached hydrogen (secondary N) is 2. The Hall–Kier alpha value is -1.46. The molecule has 4 nitrogen and oxygen atoms in total. The maximum atomic E-state index is 12.6. The van der Waals surface area contributed by atoms with Gasteiger partial charge in [-0.1, -0.05) is 12.1 Å². The van der Waals surface area contributed by atoms with Gasteiger partial charge in [0.25, 0.3) is 0 Å². The van der Waals surface area contributed by atoms with Gasteiger partial charge in [0.1, 0.15) is 5.82 Å². The first kappa shape index (κ1) is 11.6. The van der Waals surface area contributed by atoms with Crippen LogP contribution < -0.4 is 10.9 Å². The first-order valence-corrected chi connectivity index (χ1v) is 4.53. The molecule has 0 amide bonds. The van der Waals surface area contributed by atoms with Crippen LogP contribution in [0.5, 0.6) is 0 Å². The molecule has 0 aromatic heterocycles. The Morgan fingerprint density at radius 2 is 2.07 bits per heavy atom. The zero-order valence-electron chi connectivity index (χ0n) is 8.33. The Labute approximate surface area is 87.1 Å². The van der Waals surface area contributed by atoms with Crippen LogP contribution in [0.4, 0.5) is 4.39 Å². The molecule has 15 heavy (non-hydrogen) atoms. The molecule has 1 rings (SSSR count). The lowest BCUT2D eigenvalue weighted by molar-refractivity contribution is -0.137. The molecule has 0 spiro atoms. The maximum absolute atomic E-state index is 12.6. The van der Waals surface area contributed by atoms with Crippen LogP contribution in [0.2, 0.25) is 0 Å². The summed E-state index contributed by atoms with van der Waals surface area (Å²) in [7, 11) is 1.65. The van der Waals surface area contributed by atoms with Gasteiger partial charge in [0, 0.05) is 0 Å². The second-order valence-electron chi connectivity index (χ2n) is 3.10. The molecule has 0 radical (unpaired) electrons. The summed E-state index contributed by atoms with van der Waals surface area (Å²) in [4.78, 5) is 10.6. The smallest absolute Gasteiger partial charge is 0.305 e. The summed E-state index contributed by atoms with van der Waals surface area (Å²) in [5, 5.41) is 8.68. The van der Waals surface area contributed by atoms with Crippen molar-refractivity contribution in [2.24, 2.45) is 0 Å². The molecule has 1 unspecified atom stereocenters. The van der Waals surface area contributed by atoms with Crippen molar-refractivity contribution >= 4 is 5.97 Å². The third-order valence-corrected chi connectivity index (χ3v) is 1.97. The van der Waals surface area contributed by atoms with E-state index < -0.39 is 5.97 Å². The largest absolute Gasteiger partial charge is 0.481 e. The van der Waals surface area contributed by atoms with E-state index >= 15 is 0 Å². The zero-order chi connectivity index (χ0) is 11.3. The number of hydrogen-bond acceptors (Lipinski definition) is 3. The van der Waals surface area contributed by atoms with Crippen molar-refractivity contribution in [2.45, 2.75) is 12.5 Å². The van der Waals surface area contributed by atoms with E-state index in [0.717, 1.165) is 5.56 Å². The number of rotatable bonds is 5. The maximum Gasteiger partial charge on any atom is 0.305 e. The lowest BCUT2D eigenvalue weighted by atomic mass is 10.0. The third-order valence-electron chi connectivity index (χ3n) is 1.97. The summed E-state index contributed by atoms with van der Waals surface area (Å²) in [5.41, 5.74) is 6.21. The highest BCUT2D eigenvalue weighted by atomic mass is 19.1. The van der Waals surface area contributed by atoms with E-state index in [1.807, 2.05) is 0 Å². The Bertz CT molecular complexity index is 327. The SMILES string of the molecule is CNNC(CC(=O)O)c1ccc(F)cc1. The molecule has 3 N–H and O–H groups in total. The molecule has 82 valence electrons. The molecule has 0 fully saturated rings. The van der Waals surface area contributed by atoms with Gasteiger partial charge >= 0.3 is 5.97 Å². The predicted octanol–water partition coefficient (Wildman–Crippen LogP) is 1.07. The average molecular weight is 212 g/mol. The molecule has 1 atom stereocenters. The van der Waals surface area contributed by atoms with E-state index in [4.69, 9.17) is 5.11 Å². The van der Waals surface area contributed by atoms with Crippen molar-refractivity contribution in [3.8, 4) is 0 Å². The molecule has 0 bridgehead atoms. The van der Waals surface area contributed by atoms with Crippen molar-refractivity contribution in [1.82, 2.24) is 10.9 Å². The first-order valence-electron chi connectivity index (χ1n) is 4.53. The Morgan fingerprint density at radius 3 is 2.53 bits per heavy atom. The highest BCUT2D eigenvalue weighted by Crippen LogP contribution is 2.16. The summed E-state index contributed by atoms with van der Waals surface area (Å²) in [5.74, 6) is -1.25. The van der Waals surface area contributed by atoms with Gasteiger partial charge in [0.15, 0.2) is 0 Å². The second kappa shape index (κ2) is 5.43. The Kier molecular flexibility index (Phi) is 4.20. The summed E-state index contributed by atoms with van der Waals surface area (Å²) >= 11 is 0. The minimum absolute atomic E-state index is 0.0630. The predicted molar refractivity (Wildman–Crippen MR) is 53.6 cm³/mol. The number of carbonyl (C=O) groups is 1. The van der Waals surface area contributed by atoms with Crippen LogP contribution >= 0.6 is 0 Å². The minimum Gasteiger partial charge on any atom is -0.481 e. The molecule has 0 heterocycles. The normalized spacial score (nSPS) is 12.4. The molecule has 0 aliphatic heterocycles. The quantitative estimate of drug-likeness (QED) is 0.639. The topological polar surface area (TPSA) is 61.4 Å². The van der Waals surface area contributed by atoms with Crippen molar-refractivity contribution in [1.29, 1.82) is 0 Å². The van der Waals surface area contributed by atoms with Crippen molar-refractivity contribution < 1.29 is 14.3 Å². The third kappa shape index (κ3) is 3.65. The molecule has 5 heteroatoms. The molecular weight excluding hydrogens is 199 g/mol. The summed E-state index contributed by atoms with van der Waals surface area (Å²) in [6, 6.07) is 5.37. The van der Waals surface area contributed by atoms with Gasteiger partial charge in [-0.3, -0.25) is 15.6 Å². The molecule has 0 saturated carbocycles. The number of carboxylic acid groups (broad SMARTS) is 1. The number of benzene rings is 1. The lowest BCUT2D eigenvalue weighted by Crippen LogP contribution is -2.33. The standard InChI is InChI=1S/C10H13FN2O2/c1-12-13-9(6-10(14)15)7-2-4-8(11)5-3-7/h2-5,9,12-13H,6H2,1H3,(H,14,15). The first-order chi connectivity index (χ1) is 7.13. The van der Waals surface area contributed by atoms with Gasteiger partial charge in [0.05, 0.1) is 12.5 Å². The van der Waals surface area contributed by atoms with Gasteiger partial charge in [-0.2, -0.15) is 0 Å². The monoisotopic (exact) mass is 212 g/mol.